The molecular weight excluding hydrogens is 168 g/mol. The van der Waals surface area contributed by atoms with Crippen LogP contribution in [0.5, 0.6) is 0 Å². The van der Waals surface area contributed by atoms with Gasteiger partial charge in [0.05, 0.1) is 0 Å². The van der Waals surface area contributed by atoms with Crippen LogP contribution in [-0.4, -0.2) is 27.6 Å². The third kappa shape index (κ3) is 2.90. The Morgan fingerprint density at radius 3 is 1.91 bits per heavy atom. The molecule has 0 amide bonds. The number of hydrogen-bond acceptors (Lipinski definition) is 3. The van der Waals surface area contributed by atoms with Crippen molar-refractivity contribution in [1.82, 2.24) is 0 Å². The van der Waals surface area contributed by atoms with Crippen molar-refractivity contribution in [2.45, 2.75) is 25.9 Å². The van der Waals surface area contributed by atoms with Gasteiger partial charge < -0.3 is 10.2 Å². The van der Waals surface area contributed by atoms with E-state index in [4.69, 9.17) is 10.2 Å². The zero-order valence-corrected chi connectivity index (χ0v) is 7.42. The maximum Gasteiger partial charge on any atom is 0.343 e. The van der Waals surface area contributed by atoms with Crippen LogP contribution in [0.25, 0.3) is 0 Å². The predicted molar refractivity (Wildman–Crippen MR) is 43.9 cm³/mol. The van der Waals surface area contributed by atoms with Gasteiger partial charge in [0.2, 0.25) is 5.60 Å². The summed E-state index contributed by atoms with van der Waals surface area (Å²) in [5.74, 6) is -2.18. The van der Waals surface area contributed by atoms with Gasteiger partial charge in [0.25, 0.3) is 0 Å². The highest BCUT2D eigenvalue weighted by molar-refractivity contribution is 7.59. The van der Waals surface area contributed by atoms with Gasteiger partial charge in [0.1, 0.15) is 0 Å². The second-order valence-electron chi connectivity index (χ2n) is 2.15. The largest absolute Gasteiger partial charge is 0.479 e. The average molecular weight is 180 g/mol. The highest BCUT2D eigenvalue weighted by Gasteiger charge is 2.36. The van der Waals surface area contributed by atoms with E-state index in [1.807, 2.05) is 0 Å². The molecule has 5 heteroatoms. The van der Waals surface area contributed by atoms with Crippen molar-refractivity contribution < 1.29 is 19.8 Å². The van der Waals surface area contributed by atoms with Crippen molar-refractivity contribution in [3.63, 3.8) is 0 Å². The number of ketones is 1. The molecule has 4 nitrogen and oxygen atoms in total. The van der Waals surface area contributed by atoms with E-state index in [2.05, 4.69) is 0 Å². The number of Topliss-reactive ketones (excluding diaryl/α,β-unsaturated/α-hetero) is 1. The van der Waals surface area contributed by atoms with E-state index in [1.165, 1.54) is 6.92 Å². The number of carbonyl (C=O) groups is 2. The monoisotopic (exact) mass is 180 g/mol. The van der Waals surface area contributed by atoms with Gasteiger partial charge in [-0.1, -0.05) is 6.92 Å². The number of aliphatic carboxylic acids is 1. The highest BCUT2D eigenvalue weighted by Crippen LogP contribution is 2.06. The molecule has 0 aromatic heterocycles. The molecule has 1 atom stereocenters. The predicted octanol–water partition coefficient (Wildman–Crippen LogP) is -0.0861. The smallest absolute Gasteiger partial charge is 0.343 e. The lowest BCUT2D eigenvalue weighted by atomic mass is 10.00. The fraction of sp³-hybridized carbons (Fsp3) is 0.667. The van der Waals surface area contributed by atoms with Crippen LogP contribution < -0.4 is 0 Å². The Morgan fingerprint density at radius 1 is 1.45 bits per heavy atom. The molecule has 11 heavy (non-hydrogen) atoms. The van der Waals surface area contributed by atoms with Crippen molar-refractivity contribution in [2.24, 2.45) is 0 Å². The number of rotatable bonds is 3. The maximum atomic E-state index is 10.6. The maximum absolute atomic E-state index is 10.6. The average Bonchev–Trinajstić information content (AvgIpc) is 1.86. The molecule has 0 rings (SSSR count). The molecule has 0 saturated carbocycles. The van der Waals surface area contributed by atoms with Crippen LogP contribution in [-0.2, 0) is 9.59 Å². The Labute approximate surface area is 71.7 Å². The van der Waals surface area contributed by atoms with Crippen LogP contribution in [0.2, 0.25) is 0 Å². The van der Waals surface area contributed by atoms with Gasteiger partial charge in [0.15, 0.2) is 5.78 Å². The first kappa shape index (κ1) is 13.1. The zero-order chi connectivity index (χ0) is 8.36. The standard InChI is InChI=1S/C6H10O4.H2S/c1-3-4(7)6(2,10)5(8)9;/h10H,3H2,1-2H3,(H,8,9);1H2. The van der Waals surface area contributed by atoms with Gasteiger partial charge in [-0.25, -0.2) is 4.79 Å². The fourth-order valence-corrected chi connectivity index (χ4v) is 0.463. The van der Waals surface area contributed by atoms with Gasteiger partial charge in [0, 0.05) is 6.42 Å². The van der Waals surface area contributed by atoms with Crippen LogP contribution in [0.1, 0.15) is 20.3 Å². The summed E-state index contributed by atoms with van der Waals surface area (Å²) in [5, 5.41) is 17.2. The van der Waals surface area contributed by atoms with E-state index < -0.39 is 17.4 Å². The summed E-state index contributed by atoms with van der Waals surface area (Å²) in [6.45, 7) is 2.47. The fourth-order valence-electron chi connectivity index (χ4n) is 0.463. The number of carboxylic acid groups (broad SMARTS) is 1. The Kier molecular flexibility index (Phi) is 5.17. The number of carbonyl (C=O) groups excluding carboxylic acids is 1. The second kappa shape index (κ2) is 4.35. The van der Waals surface area contributed by atoms with Crippen molar-refractivity contribution >= 4 is 25.2 Å². The third-order valence-electron chi connectivity index (χ3n) is 1.28. The van der Waals surface area contributed by atoms with Crippen molar-refractivity contribution in [3.8, 4) is 0 Å². The Morgan fingerprint density at radius 2 is 1.82 bits per heavy atom. The number of aliphatic hydroxyl groups is 1. The molecule has 0 fully saturated rings. The summed E-state index contributed by atoms with van der Waals surface area (Å²) in [6, 6.07) is 0. The quantitative estimate of drug-likeness (QED) is 0.595. The Balaban J connectivity index is 0. The lowest BCUT2D eigenvalue weighted by Crippen LogP contribution is -2.43. The number of hydrogen-bond donors (Lipinski definition) is 2. The third-order valence-corrected chi connectivity index (χ3v) is 1.28. The molecule has 0 spiro atoms. The molecule has 0 bridgehead atoms. The molecule has 0 saturated heterocycles. The van der Waals surface area contributed by atoms with Crippen LogP contribution >= 0.6 is 13.5 Å². The Hall–Kier alpha value is -0.550. The first-order valence-electron chi connectivity index (χ1n) is 2.92. The van der Waals surface area contributed by atoms with E-state index in [0.29, 0.717) is 0 Å². The minimum atomic E-state index is -2.21. The van der Waals surface area contributed by atoms with E-state index in [0.717, 1.165) is 6.92 Å². The van der Waals surface area contributed by atoms with Gasteiger partial charge in [-0.2, -0.15) is 13.5 Å². The van der Waals surface area contributed by atoms with Crippen LogP contribution in [0, 0.1) is 0 Å². The van der Waals surface area contributed by atoms with Crippen LogP contribution in [0.3, 0.4) is 0 Å². The molecule has 66 valence electrons. The molecule has 0 aliphatic rings. The summed E-state index contributed by atoms with van der Waals surface area (Å²) in [5.41, 5.74) is -2.21. The molecule has 0 radical (unpaired) electrons. The van der Waals surface area contributed by atoms with E-state index >= 15 is 0 Å². The molecule has 0 heterocycles. The summed E-state index contributed by atoms with van der Waals surface area (Å²) in [7, 11) is 0. The van der Waals surface area contributed by atoms with Gasteiger partial charge in [-0.15, -0.1) is 0 Å². The topological polar surface area (TPSA) is 74.6 Å². The minimum Gasteiger partial charge on any atom is -0.479 e. The molecule has 0 aromatic carbocycles. The van der Waals surface area contributed by atoms with Gasteiger partial charge >= 0.3 is 5.97 Å². The van der Waals surface area contributed by atoms with Crippen molar-refractivity contribution in [2.75, 3.05) is 0 Å². The molecule has 1 unspecified atom stereocenters. The van der Waals surface area contributed by atoms with Gasteiger partial charge in [-0.05, 0) is 6.92 Å². The van der Waals surface area contributed by atoms with Crippen molar-refractivity contribution in [3.05, 3.63) is 0 Å². The summed E-state index contributed by atoms with van der Waals surface area (Å²) < 4.78 is 0. The summed E-state index contributed by atoms with van der Waals surface area (Å²) in [6.07, 6.45) is 0.0271. The summed E-state index contributed by atoms with van der Waals surface area (Å²) >= 11 is 0. The number of carboxylic acids is 1. The highest BCUT2D eigenvalue weighted by atomic mass is 32.1. The van der Waals surface area contributed by atoms with Crippen molar-refractivity contribution in [1.29, 1.82) is 0 Å². The first-order chi connectivity index (χ1) is 4.42. The minimum absolute atomic E-state index is 0. The summed E-state index contributed by atoms with van der Waals surface area (Å²) in [4.78, 5) is 20.8. The van der Waals surface area contributed by atoms with Gasteiger partial charge in [-0.3, -0.25) is 4.79 Å². The molecule has 0 aromatic rings. The van der Waals surface area contributed by atoms with Crippen LogP contribution in [0.4, 0.5) is 0 Å². The molecular formula is C6H12O4S. The van der Waals surface area contributed by atoms with E-state index in [-0.39, 0.29) is 19.9 Å². The Bertz CT molecular complexity index is 164. The first-order valence-corrected chi connectivity index (χ1v) is 2.92. The lowest BCUT2D eigenvalue weighted by Gasteiger charge is -2.14. The van der Waals surface area contributed by atoms with Crippen LogP contribution in [0.15, 0.2) is 0 Å². The molecule has 2 N–H and O–H groups in total. The molecule has 0 aliphatic heterocycles. The second-order valence-corrected chi connectivity index (χ2v) is 2.15. The normalized spacial score (nSPS) is 14.5. The zero-order valence-electron chi connectivity index (χ0n) is 6.42. The van der Waals surface area contributed by atoms with E-state index in [9.17, 15) is 9.59 Å². The lowest BCUT2D eigenvalue weighted by molar-refractivity contribution is -0.163. The van der Waals surface area contributed by atoms with E-state index in [1.54, 1.807) is 0 Å². The SMILES string of the molecule is CCC(=O)C(C)(O)C(=O)O.S. The molecule has 0 aliphatic carbocycles.